The summed E-state index contributed by atoms with van der Waals surface area (Å²) < 4.78 is 30.1. The molecule has 2 N–H and O–H groups in total. The minimum Gasteiger partial charge on any atom is -0.480 e. The number of piperazine rings is 1. The number of aromatic nitrogens is 1. The fourth-order valence-corrected chi connectivity index (χ4v) is 9.00. The maximum absolute atomic E-state index is 15.2. The van der Waals surface area contributed by atoms with Gasteiger partial charge in [-0.25, -0.2) is 23.6 Å². The number of rotatable bonds is 6. The Bertz CT molecular complexity index is 1770. The van der Waals surface area contributed by atoms with E-state index in [2.05, 4.69) is 10.3 Å². The predicted octanol–water partition coefficient (Wildman–Crippen LogP) is 5.13. The summed E-state index contributed by atoms with van der Waals surface area (Å²) in [6, 6.07) is 5.12. The Hall–Kier alpha value is -3.26. The molecule has 5 aliphatic rings. The fourth-order valence-electron chi connectivity index (χ4n) is 7.41. The van der Waals surface area contributed by atoms with Crippen molar-refractivity contribution in [2.45, 2.75) is 75.4 Å². The summed E-state index contributed by atoms with van der Waals surface area (Å²) in [5.74, 6) is -3.10. The zero-order valence-corrected chi connectivity index (χ0v) is 28.7. The van der Waals surface area contributed by atoms with Crippen LogP contribution in [-0.2, 0) is 19.9 Å². The molecule has 15 heteroatoms. The first-order valence-electron chi connectivity index (χ1n) is 15.8. The standard InChI is InChI=1S/C33H34Cl2F2N6O4S/c1-16(2)25-26(29(45)41-14-19(36)11-22(41)28(44)42-15-33(8-9-33)39-13-23(42)30(46)47)48-31-40-32(3,18-5-7-24(35)38-12-18)27(43(25)31)17-4-6-20(34)21(37)10-17/h4-7,10,12,16,19,22-23,27,39H,8-9,11,13-15H2,1-3H3,(H,46,47)/t19-,22-,23-,27-,32+/m1/s1. The lowest BCUT2D eigenvalue weighted by atomic mass is 9.81. The van der Waals surface area contributed by atoms with Gasteiger partial charge in [0.1, 0.15) is 39.7 Å². The van der Waals surface area contributed by atoms with Gasteiger partial charge in [0.2, 0.25) is 5.91 Å². The van der Waals surface area contributed by atoms with E-state index in [1.54, 1.807) is 18.3 Å². The minimum atomic E-state index is -1.46. The third-order valence-corrected chi connectivity index (χ3v) is 11.6. The number of carboxylic acids is 1. The van der Waals surface area contributed by atoms with Gasteiger partial charge in [0.15, 0.2) is 5.17 Å². The van der Waals surface area contributed by atoms with Crippen molar-refractivity contribution in [1.82, 2.24) is 25.0 Å². The molecule has 1 aromatic carbocycles. The number of amides is 2. The first kappa shape index (κ1) is 33.2. The molecule has 0 unspecified atom stereocenters. The maximum Gasteiger partial charge on any atom is 0.327 e. The van der Waals surface area contributed by atoms with Crippen LogP contribution < -0.4 is 5.32 Å². The summed E-state index contributed by atoms with van der Waals surface area (Å²) in [5, 5.41) is 13.9. The molecule has 2 aromatic rings. The molecule has 5 heterocycles. The van der Waals surface area contributed by atoms with E-state index in [9.17, 15) is 23.9 Å². The number of hydrogen-bond donors (Lipinski definition) is 2. The molecule has 5 atom stereocenters. The van der Waals surface area contributed by atoms with Crippen molar-refractivity contribution in [2.24, 2.45) is 10.9 Å². The van der Waals surface area contributed by atoms with E-state index in [1.165, 1.54) is 21.9 Å². The number of pyridine rings is 1. The highest BCUT2D eigenvalue weighted by molar-refractivity contribution is 8.18. The molecule has 7 rings (SSSR count). The van der Waals surface area contributed by atoms with Crippen molar-refractivity contribution in [1.29, 1.82) is 0 Å². The van der Waals surface area contributed by atoms with Crippen LogP contribution in [0.15, 0.2) is 52.1 Å². The number of nitrogens with zero attached hydrogens (tertiary/aromatic N) is 5. The third-order valence-electron chi connectivity index (χ3n) is 10.1. The number of hydrogen-bond acceptors (Lipinski definition) is 8. The number of benzene rings is 1. The van der Waals surface area contributed by atoms with Gasteiger partial charge in [-0.3, -0.25) is 9.59 Å². The number of halogens is 4. The summed E-state index contributed by atoms with van der Waals surface area (Å²) in [7, 11) is 0. The van der Waals surface area contributed by atoms with Crippen LogP contribution in [-0.4, -0.2) is 91.2 Å². The first-order chi connectivity index (χ1) is 22.7. The van der Waals surface area contributed by atoms with Crippen molar-refractivity contribution in [3.05, 3.63) is 74.3 Å². The largest absolute Gasteiger partial charge is 0.480 e. The van der Waals surface area contributed by atoms with Gasteiger partial charge in [0.25, 0.3) is 5.91 Å². The highest BCUT2D eigenvalue weighted by Crippen LogP contribution is 2.56. The van der Waals surface area contributed by atoms with E-state index in [4.69, 9.17) is 28.2 Å². The zero-order chi connectivity index (χ0) is 34.3. The van der Waals surface area contributed by atoms with Crippen LogP contribution in [0.4, 0.5) is 8.78 Å². The number of carboxylic acid groups (broad SMARTS) is 1. The van der Waals surface area contributed by atoms with Crippen molar-refractivity contribution in [3.8, 4) is 0 Å². The van der Waals surface area contributed by atoms with E-state index in [0.29, 0.717) is 32.0 Å². The molecule has 48 heavy (non-hydrogen) atoms. The quantitative estimate of drug-likeness (QED) is 0.395. The molecule has 1 spiro atoms. The second-order valence-electron chi connectivity index (χ2n) is 13.6. The molecular weight excluding hydrogens is 685 g/mol. The van der Waals surface area contributed by atoms with Crippen LogP contribution in [0.5, 0.6) is 0 Å². The first-order valence-corrected chi connectivity index (χ1v) is 17.4. The van der Waals surface area contributed by atoms with Gasteiger partial charge in [0, 0.05) is 42.5 Å². The van der Waals surface area contributed by atoms with E-state index in [0.717, 1.165) is 24.6 Å². The monoisotopic (exact) mass is 718 g/mol. The Morgan fingerprint density at radius 2 is 1.88 bits per heavy atom. The molecule has 1 saturated carbocycles. The molecule has 254 valence electrons. The number of alkyl halides is 1. The van der Waals surface area contributed by atoms with Crippen molar-refractivity contribution < 1.29 is 28.3 Å². The number of nitrogens with one attached hydrogen (secondary N) is 1. The summed E-state index contributed by atoms with van der Waals surface area (Å²) in [5.41, 5.74) is 0.563. The molecule has 3 fully saturated rings. The van der Waals surface area contributed by atoms with Crippen LogP contribution in [0.3, 0.4) is 0 Å². The number of carbonyl (C=O) groups excluding carboxylic acids is 2. The second kappa shape index (κ2) is 12.0. The maximum atomic E-state index is 15.2. The van der Waals surface area contributed by atoms with Crippen LogP contribution in [0.1, 0.15) is 57.2 Å². The summed E-state index contributed by atoms with van der Waals surface area (Å²) in [6.07, 6.45) is 1.57. The average molecular weight is 720 g/mol. The topological polar surface area (TPSA) is 118 Å². The molecular formula is C33H34Cl2F2N6O4S. The lowest BCUT2D eigenvalue weighted by Crippen LogP contribution is -2.64. The number of allylic oxidation sites excluding steroid dienone is 1. The van der Waals surface area contributed by atoms with Crippen LogP contribution >= 0.6 is 35.0 Å². The second-order valence-corrected chi connectivity index (χ2v) is 15.4. The van der Waals surface area contributed by atoms with Crippen molar-refractivity contribution >= 4 is 57.9 Å². The lowest BCUT2D eigenvalue weighted by molar-refractivity contribution is -0.155. The Balaban J connectivity index is 1.27. The van der Waals surface area contributed by atoms with Gasteiger partial charge < -0.3 is 25.1 Å². The van der Waals surface area contributed by atoms with E-state index >= 15 is 4.39 Å². The number of aliphatic imine (C=N–C) groups is 1. The van der Waals surface area contributed by atoms with Crippen molar-refractivity contribution in [3.63, 3.8) is 0 Å². The van der Waals surface area contributed by atoms with E-state index in [-0.39, 0.29) is 42.5 Å². The Morgan fingerprint density at radius 3 is 2.50 bits per heavy atom. The number of fused-ring (bicyclic) bond motifs is 1. The van der Waals surface area contributed by atoms with Gasteiger partial charge in [0.05, 0.1) is 17.6 Å². The lowest BCUT2D eigenvalue weighted by Gasteiger charge is -2.41. The van der Waals surface area contributed by atoms with Crippen LogP contribution in [0.2, 0.25) is 10.2 Å². The molecule has 1 aromatic heterocycles. The summed E-state index contributed by atoms with van der Waals surface area (Å²) >= 11 is 13.3. The van der Waals surface area contributed by atoms with Crippen LogP contribution in [0, 0.1) is 11.7 Å². The predicted molar refractivity (Wildman–Crippen MR) is 178 cm³/mol. The van der Waals surface area contributed by atoms with Gasteiger partial charge in [-0.1, -0.05) is 49.2 Å². The third kappa shape index (κ3) is 5.46. The molecule has 0 radical (unpaired) electrons. The summed E-state index contributed by atoms with van der Waals surface area (Å²) in [4.78, 5) is 54.8. The van der Waals surface area contributed by atoms with Gasteiger partial charge in [-0.2, -0.15) is 0 Å². The van der Waals surface area contributed by atoms with E-state index < -0.39 is 53.4 Å². The average Bonchev–Trinajstić information content (AvgIpc) is 3.36. The number of amidine groups is 1. The number of aliphatic carboxylic acids is 1. The molecule has 1 aliphatic carbocycles. The SMILES string of the molecule is CC(C)C1=C(C(=O)N2C[C@H](F)C[C@@H]2C(=O)N2CC3(CC3)NC[C@@H]2C(=O)O)SC2=N[C@@](C)(c3ccc(Cl)nc3)[C@@H](c3ccc(Cl)c(F)c3)N21. The normalized spacial score (nSPS) is 29.2. The van der Waals surface area contributed by atoms with Gasteiger partial charge in [-0.05, 0) is 61.2 Å². The molecule has 4 aliphatic heterocycles. The fraction of sp³-hybridized carbons (Fsp3) is 0.485. The molecule has 2 saturated heterocycles. The minimum absolute atomic E-state index is 0.0354. The Labute approximate surface area is 290 Å². The highest BCUT2D eigenvalue weighted by Gasteiger charge is 2.56. The van der Waals surface area contributed by atoms with E-state index in [1.807, 2.05) is 31.7 Å². The zero-order valence-electron chi connectivity index (χ0n) is 26.4. The highest BCUT2D eigenvalue weighted by atomic mass is 35.5. The molecule has 2 amide bonds. The molecule has 10 nitrogen and oxygen atoms in total. The summed E-state index contributed by atoms with van der Waals surface area (Å²) in [6.45, 7) is 5.72. The Kier molecular flexibility index (Phi) is 8.28. The number of thioether (sulfide) groups is 1. The van der Waals surface area contributed by atoms with Crippen LogP contribution in [0.25, 0.3) is 0 Å². The van der Waals surface area contributed by atoms with Crippen molar-refractivity contribution in [2.75, 3.05) is 19.6 Å². The molecule has 0 bridgehead atoms. The van der Waals surface area contributed by atoms with Gasteiger partial charge >= 0.3 is 5.97 Å². The van der Waals surface area contributed by atoms with Gasteiger partial charge in [-0.15, -0.1) is 0 Å². The number of likely N-dealkylation sites (tertiary alicyclic amines) is 1. The number of carbonyl (C=O) groups is 3. The Morgan fingerprint density at radius 1 is 1.12 bits per heavy atom. The smallest absolute Gasteiger partial charge is 0.327 e.